The molecule has 3 unspecified atom stereocenters. The highest BCUT2D eigenvalue weighted by Gasteiger charge is 2.38. The van der Waals surface area contributed by atoms with Crippen molar-refractivity contribution in [1.82, 2.24) is 10.2 Å². The predicted octanol–water partition coefficient (Wildman–Crippen LogP) is 1.54. The van der Waals surface area contributed by atoms with Crippen molar-refractivity contribution < 1.29 is 9.53 Å². The summed E-state index contributed by atoms with van der Waals surface area (Å²) in [6, 6.07) is 9.73. The van der Waals surface area contributed by atoms with E-state index in [0.717, 1.165) is 31.7 Å². The maximum Gasteiger partial charge on any atom is 0.245 e. The summed E-state index contributed by atoms with van der Waals surface area (Å²) in [6.07, 6.45) is 1.16. The molecule has 0 saturated carbocycles. The summed E-state index contributed by atoms with van der Waals surface area (Å²) in [4.78, 5) is 14.5. The summed E-state index contributed by atoms with van der Waals surface area (Å²) in [7, 11) is 0. The number of hydrogen-bond acceptors (Lipinski definition) is 3. The van der Waals surface area contributed by atoms with Crippen molar-refractivity contribution in [2.75, 3.05) is 19.8 Å². The lowest BCUT2D eigenvalue weighted by molar-refractivity contribution is -0.130. The Morgan fingerprint density at radius 1 is 1.37 bits per heavy atom. The molecule has 2 saturated heterocycles. The SMILES string of the molecule is CC1NC(c2ccccc2)C(=O)N1CC1CCOC1. The van der Waals surface area contributed by atoms with Crippen LogP contribution in [0, 0.1) is 5.92 Å². The third kappa shape index (κ3) is 2.51. The number of amides is 1. The van der Waals surface area contributed by atoms with Gasteiger partial charge in [0.05, 0.1) is 12.8 Å². The molecule has 0 bridgehead atoms. The Kier molecular flexibility index (Phi) is 3.53. The first-order chi connectivity index (χ1) is 9.25. The van der Waals surface area contributed by atoms with Gasteiger partial charge in [0, 0.05) is 19.1 Å². The lowest BCUT2D eigenvalue weighted by Gasteiger charge is -2.23. The molecule has 19 heavy (non-hydrogen) atoms. The van der Waals surface area contributed by atoms with E-state index >= 15 is 0 Å². The molecule has 0 spiro atoms. The number of benzene rings is 1. The molecule has 1 aromatic carbocycles. The number of nitrogens with one attached hydrogen (secondary N) is 1. The molecule has 0 aliphatic carbocycles. The van der Waals surface area contributed by atoms with Crippen LogP contribution < -0.4 is 5.32 Å². The highest BCUT2D eigenvalue weighted by atomic mass is 16.5. The van der Waals surface area contributed by atoms with Gasteiger partial charge in [-0.05, 0) is 18.9 Å². The van der Waals surface area contributed by atoms with Gasteiger partial charge < -0.3 is 9.64 Å². The topological polar surface area (TPSA) is 41.6 Å². The van der Waals surface area contributed by atoms with Crippen LogP contribution in [-0.4, -0.2) is 36.7 Å². The van der Waals surface area contributed by atoms with E-state index in [4.69, 9.17) is 4.74 Å². The average molecular weight is 260 g/mol. The Hall–Kier alpha value is -1.39. The fourth-order valence-corrected chi connectivity index (χ4v) is 2.90. The van der Waals surface area contributed by atoms with Crippen LogP contribution in [0.25, 0.3) is 0 Å². The van der Waals surface area contributed by atoms with Crippen molar-refractivity contribution >= 4 is 5.91 Å². The molecule has 102 valence electrons. The molecule has 2 fully saturated rings. The minimum absolute atomic E-state index is 0.0957. The minimum Gasteiger partial charge on any atom is -0.381 e. The van der Waals surface area contributed by atoms with Gasteiger partial charge in [-0.25, -0.2) is 0 Å². The standard InChI is InChI=1S/C15H20N2O2/c1-11-16-14(13-5-3-2-4-6-13)15(18)17(11)9-12-7-8-19-10-12/h2-6,11-12,14,16H,7-10H2,1H3. The van der Waals surface area contributed by atoms with Crippen molar-refractivity contribution in [2.45, 2.75) is 25.6 Å². The number of carbonyl (C=O) groups excluding carboxylic acids is 1. The Labute approximate surface area is 113 Å². The summed E-state index contributed by atoms with van der Waals surface area (Å²) in [5.41, 5.74) is 1.05. The molecule has 3 rings (SSSR count). The number of ether oxygens (including phenoxy) is 1. The molecular weight excluding hydrogens is 240 g/mol. The zero-order valence-electron chi connectivity index (χ0n) is 11.2. The van der Waals surface area contributed by atoms with Crippen LogP contribution in [0.1, 0.15) is 24.9 Å². The van der Waals surface area contributed by atoms with Gasteiger partial charge >= 0.3 is 0 Å². The fraction of sp³-hybridized carbons (Fsp3) is 0.533. The van der Waals surface area contributed by atoms with Gasteiger partial charge in [-0.15, -0.1) is 0 Å². The van der Waals surface area contributed by atoms with Crippen LogP contribution in [0.3, 0.4) is 0 Å². The second-order valence-electron chi connectivity index (χ2n) is 5.41. The van der Waals surface area contributed by atoms with Crippen molar-refractivity contribution in [3.8, 4) is 0 Å². The van der Waals surface area contributed by atoms with Crippen molar-refractivity contribution in [3.05, 3.63) is 35.9 Å². The van der Waals surface area contributed by atoms with E-state index in [1.165, 1.54) is 0 Å². The van der Waals surface area contributed by atoms with E-state index < -0.39 is 0 Å². The molecule has 1 amide bonds. The molecule has 4 nitrogen and oxygen atoms in total. The summed E-state index contributed by atoms with van der Waals surface area (Å²) in [6.45, 7) is 4.47. The van der Waals surface area contributed by atoms with E-state index in [0.29, 0.717) is 5.92 Å². The smallest absolute Gasteiger partial charge is 0.245 e. The third-order valence-corrected chi connectivity index (χ3v) is 4.02. The van der Waals surface area contributed by atoms with Gasteiger partial charge in [0.15, 0.2) is 0 Å². The summed E-state index contributed by atoms with van der Waals surface area (Å²) in [5, 5.41) is 3.38. The van der Waals surface area contributed by atoms with Gasteiger partial charge in [-0.2, -0.15) is 0 Å². The summed E-state index contributed by atoms with van der Waals surface area (Å²) >= 11 is 0. The number of rotatable bonds is 3. The second kappa shape index (κ2) is 5.31. The van der Waals surface area contributed by atoms with Crippen molar-refractivity contribution in [1.29, 1.82) is 0 Å². The van der Waals surface area contributed by atoms with E-state index in [2.05, 4.69) is 12.2 Å². The summed E-state index contributed by atoms with van der Waals surface area (Å²) in [5.74, 6) is 0.674. The number of nitrogens with zero attached hydrogens (tertiary/aromatic N) is 1. The Morgan fingerprint density at radius 3 is 2.84 bits per heavy atom. The molecule has 3 atom stereocenters. The molecule has 4 heteroatoms. The lowest BCUT2D eigenvalue weighted by Crippen LogP contribution is -2.38. The molecule has 2 heterocycles. The van der Waals surface area contributed by atoms with Crippen LogP contribution in [0.15, 0.2) is 30.3 Å². The fourth-order valence-electron chi connectivity index (χ4n) is 2.90. The first-order valence-electron chi connectivity index (χ1n) is 6.95. The zero-order chi connectivity index (χ0) is 13.2. The number of carbonyl (C=O) groups is 1. The van der Waals surface area contributed by atoms with E-state index in [1.807, 2.05) is 35.2 Å². The average Bonchev–Trinajstić information content (AvgIpc) is 3.03. The lowest BCUT2D eigenvalue weighted by atomic mass is 10.1. The Bertz CT molecular complexity index is 443. The third-order valence-electron chi connectivity index (χ3n) is 4.02. The van der Waals surface area contributed by atoms with Crippen LogP contribution >= 0.6 is 0 Å². The van der Waals surface area contributed by atoms with Crippen LogP contribution in [0.4, 0.5) is 0 Å². The van der Waals surface area contributed by atoms with Gasteiger partial charge in [-0.1, -0.05) is 30.3 Å². The monoisotopic (exact) mass is 260 g/mol. The molecule has 0 radical (unpaired) electrons. The van der Waals surface area contributed by atoms with Crippen molar-refractivity contribution in [3.63, 3.8) is 0 Å². The molecule has 2 aliphatic heterocycles. The maximum absolute atomic E-state index is 12.5. The van der Waals surface area contributed by atoms with E-state index in [-0.39, 0.29) is 18.1 Å². The highest BCUT2D eigenvalue weighted by Crippen LogP contribution is 2.26. The Balaban J connectivity index is 1.71. The molecule has 1 N–H and O–H groups in total. The van der Waals surface area contributed by atoms with Gasteiger partial charge in [0.2, 0.25) is 5.91 Å². The predicted molar refractivity (Wildman–Crippen MR) is 72.4 cm³/mol. The van der Waals surface area contributed by atoms with Crippen molar-refractivity contribution in [2.24, 2.45) is 5.92 Å². The molecular formula is C15H20N2O2. The molecule has 1 aromatic rings. The zero-order valence-corrected chi connectivity index (χ0v) is 11.2. The highest BCUT2D eigenvalue weighted by molar-refractivity contribution is 5.85. The van der Waals surface area contributed by atoms with Crippen LogP contribution in [-0.2, 0) is 9.53 Å². The Morgan fingerprint density at radius 2 is 2.16 bits per heavy atom. The van der Waals surface area contributed by atoms with E-state index in [1.54, 1.807) is 0 Å². The first-order valence-corrected chi connectivity index (χ1v) is 6.95. The largest absolute Gasteiger partial charge is 0.381 e. The van der Waals surface area contributed by atoms with Gasteiger partial charge in [-0.3, -0.25) is 10.1 Å². The van der Waals surface area contributed by atoms with Crippen LogP contribution in [0.2, 0.25) is 0 Å². The van der Waals surface area contributed by atoms with Gasteiger partial charge in [0.25, 0.3) is 0 Å². The maximum atomic E-state index is 12.5. The molecule has 2 aliphatic rings. The van der Waals surface area contributed by atoms with Gasteiger partial charge in [0.1, 0.15) is 6.04 Å². The summed E-state index contributed by atoms with van der Waals surface area (Å²) < 4.78 is 5.39. The normalized spacial score (nSPS) is 31.1. The van der Waals surface area contributed by atoms with E-state index in [9.17, 15) is 4.79 Å². The minimum atomic E-state index is -0.196. The first kappa shape index (κ1) is 12.6. The quantitative estimate of drug-likeness (QED) is 0.896. The number of hydrogen-bond donors (Lipinski definition) is 1. The molecule has 0 aromatic heterocycles. The second-order valence-corrected chi connectivity index (χ2v) is 5.41. The van der Waals surface area contributed by atoms with Crippen LogP contribution in [0.5, 0.6) is 0 Å².